The summed E-state index contributed by atoms with van der Waals surface area (Å²) in [6, 6.07) is 3.12. The van der Waals surface area contributed by atoms with Crippen molar-refractivity contribution in [2.24, 2.45) is 0 Å². The molecule has 0 unspecified atom stereocenters. The van der Waals surface area contributed by atoms with Crippen LogP contribution >= 0.6 is 34.5 Å². The number of carbonyl (C=O) groups is 1. The summed E-state index contributed by atoms with van der Waals surface area (Å²) in [4.78, 5) is 16.1. The van der Waals surface area contributed by atoms with Crippen LogP contribution in [0.4, 0.5) is 5.13 Å². The van der Waals surface area contributed by atoms with Crippen LogP contribution in [0, 0.1) is 0 Å². The number of methoxy groups -OCH3 is 1. The van der Waals surface area contributed by atoms with Crippen LogP contribution in [0.5, 0.6) is 5.75 Å². The SMILES string of the molecule is COc1c(Cl)ccc(Cl)c1C(=O)Nc1nccs1. The molecule has 0 radical (unpaired) electrons. The van der Waals surface area contributed by atoms with E-state index in [-0.39, 0.29) is 16.3 Å². The van der Waals surface area contributed by atoms with E-state index in [0.717, 1.165) is 0 Å². The molecule has 0 aliphatic carbocycles. The Bertz CT molecular complexity index is 573. The summed E-state index contributed by atoms with van der Waals surface area (Å²) >= 11 is 13.3. The summed E-state index contributed by atoms with van der Waals surface area (Å²) in [5, 5.41) is 5.46. The summed E-state index contributed by atoms with van der Waals surface area (Å²) in [5.41, 5.74) is 0.196. The molecular weight excluding hydrogens is 295 g/mol. The first kappa shape index (κ1) is 13.1. The summed E-state index contributed by atoms with van der Waals surface area (Å²) in [6.07, 6.45) is 1.59. The molecule has 1 heterocycles. The van der Waals surface area contributed by atoms with E-state index in [1.54, 1.807) is 23.7 Å². The Morgan fingerprint density at radius 3 is 2.72 bits per heavy atom. The van der Waals surface area contributed by atoms with Gasteiger partial charge in [-0.25, -0.2) is 4.98 Å². The van der Waals surface area contributed by atoms with Crippen molar-refractivity contribution >= 4 is 45.6 Å². The predicted octanol–water partition coefficient (Wildman–Crippen LogP) is 3.71. The number of aromatic nitrogens is 1. The van der Waals surface area contributed by atoms with Crippen LogP contribution in [0.15, 0.2) is 23.7 Å². The molecule has 18 heavy (non-hydrogen) atoms. The maximum absolute atomic E-state index is 12.1. The minimum Gasteiger partial charge on any atom is -0.494 e. The van der Waals surface area contributed by atoms with E-state index in [1.807, 2.05) is 0 Å². The third-order valence-corrected chi connectivity index (χ3v) is 3.44. The second-order valence-electron chi connectivity index (χ2n) is 3.23. The topological polar surface area (TPSA) is 51.2 Å². The molecule has 0 fully saturated rings. The van der Waals surface area contributed by atoms with Crippen molar-refractivity contribution < 1.29 is 9.53 Å². The molecule has 1 N–H and O–H groups in total. The van der Waals surface area contributed by atoms with Crippen molar-refractivity contribution in [2.75, 3.05) is 12.4 Å². The van der Waals surface area contributed by atoms with Gasteiger partial charge in [-0.2, -0.15) is 0 Å². The van der Waals surface area contributed by atoms with Crippen molar-refractivity contribution in [1.82, 2.24) is 4.98 Å². The molecule has 0 spiro atoms. The molecule has 1 aromatic heterocycles. The van der Waals surface area contributed by atoms with Crippen molar-refractivity contribution in [3.05, 3.63) is 39.3 Å². The average Bonchev–Trinajstić information content (AvgIpc) is 2.84. The molecular formula is C11H8Cl2N2O2S. The molecule has 2 rings (SSSR count). The van der Waals surface area contributed by atoms with Crippen LogP contribution in [0.2, 0.25) is 10.0 Å². The number of carbonyl (C=O) groups excluding carboxylic acids is 1. The monoisotopic (exact) mass is 302 g/mol. The highest BCUT2D eigenvalue weighted by molar-refractivity contribution is 7.13. The van der Waals surface area contributed by atoms with E-state index in [4.69, 9.17) is 27.9 Å². The Morgan fingerprint density at radius 1 is 1.39 bits per heavy atom. The van der Waals surface area contributed by atoms with Crippen LogP contribution in [-0.2, 0) is 0 Å². The van der Waals surface area contributed by atoms with Gasteiger partial charge in [0, 0.05) is 11.6 Å². The molecule has 7 heteroatoms. The number of hydrogen-bond acceptors (Lipinski definition) is 4. The van der Waals surface area contributed by atoms with Crippen LogP contribution in [0.25, 0.3) is 0 Å². The number of nitrogens with zero attached hydrogens (tertiary/aromatic N) is 1. The first-order valence-electron chi connectivity index (χ1n) is 4.86. The smallest absolute Gasteiger partial charge is 0.262 e. The molecule has 0 atom stereocenters. The number of rotatable bonds is 3. The lowest BCUT2D eigenvalue weighted by Gasteiger charge is -2.11. The third-order valence-electron chi connectivity index (χ3n) is 2.14. The van der Waals surface area contributed by atoms with Gasteiger partial charge in [0.2, 0.25) is 0 Å². The van der Waals surface area contributed by atoms with Gasteiger partial charge in [0.1, 0.15) is 5.56 Å². The number of anilines is 1. The zero-order valence-corrected chi connectivity index (χ0v) is 11.6. The normalized spacial score (nSPS) is 10.2. The number of hydrogen-bond donors (Lipinski definition) is 1. The highest BCUT2D eigenvalue weighted by atomic mass is 35.5. The van der Waals surface area contributed by atoms with E-state index < -0.39 is 5.91 Å². The summed E-state index contributed by atoms with van der Waals surface area (Å²) in [5.74, 6) is -0.160. The Labute approximate surface area is 118 Å². The van der Waals surface area contributed by atoms with Crippen LogP contribution < -0.4 is 10.1 Å². The van der Waals surface area contributed by atoms with Gasteiger partial charge >= 0.3 is 0 Å². The second-order valence-corrected chi connectivity index (χ2v) is 4.94. The number of benzene rings is 1. The lowest BCUT2D eigenvalue weighted by Crippen LogP contribution is -2.13. The molecule has 2 aromatic rings. The fourth-order valence-electron chi connectivity index (χ4n) is 1.39. The quantitative estimate of drug-likeness (QED) is 0.940. The summed E-state index contributed by atoms with van der Waals surface area (Å²) < 4.78 is 5.10. The fraction of sp³-hybridized carbons (Fsp3) is 0.0909. The van der Waals surface area contributed by atoms with Gasteiger partial charge in [0.25, 0.3) is 5.91 Å². The van der Waals surface area contributed by atoms with Gasteiger partial charge in [0.05, 0.1) is 17.2 Å². The van der Waals surface area contributed by atoms with E-state index in [2.05, 4.69) is 10.3 Å². The maximum Gasteiger partial charge on any atom is 0.262 e. The zero-order valence-electron chi connectivity index (χ0n) is 9.24. The molecule has 4 nitrogen and oxygen atoms in total. The molecule has 0 bridgehead atoms. The third kappa shape index (κ3) is 2.58. The van der Waals surface area contributed by atoms with Crippen molar-refractivity contribution in [1.29, 1.82) is 0 Å². The van der Waals surface area contributed by atoms with Crippen molar-refractivity contribution in [3.63, 3.8) is 0 Å². The van der Waals surface area contributed by atoms with Gasteiger partial charge in [-0.3, -0.25) is 10.1 Å². The van der Waals surface area contributed by atoms with Crippen LogP contribution in [-0.4, -0.2) is 18.0 Å². The van der Waals surface area contributed by atoms with Gasteiger partial charge in [-0.1, -0.05) is 23.2 Å². The maximum atomic E-state index is 12.1. The highest BCUT2D eigenvalue weighted by Gasteiger charge is 2.20. The number of amides is 1. The molecule has 0 aliphatic heterocycles. The Balaban J connectivity index is 2.38. The lowest BCUT2D eigenvalue weighted by molar-refractivity contribution is 0.102. The first-order chi connectivity index (χ1) is 8.63. The van der Waals surface area contributed by atoms with Crippen LogP contribution in [0.3, 0.4) is 0 Å². The number of nitrogens with one attached hydrogen (secondary N) is 1. The Hall–Kier alpha value is -1.30. The average molecular weight is 303 g/mol. The van der Waals surface area contributed by atoms with Crippen molar-refractivity contribution in [3.8, 4) is 5.75 Å². The lowest BCUT2D eigenvalue weighted by atomic mass is 10.2. The molecule has 0 saturated heterocycles. The standard InChI is InChI=1S/C11H8Cl2N2O2S/c1-17-9-7(13)3-2-6(12)8(9)10(16)15-11-14-4-5-18-11/h2-5H,1H3,(H,14,15,16). The zero-order chi connectivity index (χ0) is 13.1. The largest absolute Gasteiger partial charge is 0.494 e. The number of halogens is 2. The number of thiazole rings is 1. The van der Waals surface area contributed by atoms with Gasteiger partial charge in [-0.05, 0) is 12.1 Å². The molecule has 0 saturated carbocycles. The fourth-order valence-corrected chi connectivity index (χ4v) is 2.38. The minimum absolute atomic E-state index is 0.196. The molecule has 1 amide bonds. The van der Waals surface area contributed by atoms with E-state index in [9.17, 15) is 4.79 Å². The molecule has 0 aliphatic rings. The van der Waals surface area contributed by atoms with E-state index in [1.165, 1.54) is 18.4 Å². The molecule has 94 valence electrons. The van der Waals surface area contributed by atoms with Gasteiger partial charge < -0.3 is 4.74 Å². The minimum atomic E-state index is -0.408. The van der Waals surface area contributed by atoms with E-state index >= 15 is 0 Å². The predicted molar refractivity (Wildman–Crippen MR) is 73.1 cm³/mol. The Morgan fingerprint density at radius 2 is 2.11 bits per heavy atom. The highest BCUT2D eigenvalue weighted by Crippen LogP contribution is 2.34. The second kappa shape index (κ2) is 5.56. The Kier molecular flexibility index (Phi) is 4.06. The van der Waals surface area contributed by atoms with E-state index in [0.29, 0.717) is 10.2 Å². The first-order valence-corrected chi connectivity index (χ1v) is 6.50. The van der Waals surface area contributed by atoms with Crippen LogP contribution in [0.1, 0.15) is 10.4 Å². The van der Waals surface area contributed by atoms with Gasteiger partial charge in [-0.15, -0.1) is 11.3 Å². The summed E-state index contributed by atoms with van der Waals surface area (Å²) in [7, 11) is 1.43. The summed E-state index contributed by atoms with van der Waals surface area (Å²) in [6.45, 7) is 0. The molecule has 1 aromatic carbocycles. The number of ether oxygens (including phenoxy) is 1. The van der Waals surface area contributed by atoms with Crippen molar-refractivity contribution in [2.45, 2.75) is 0 Å². The van der Waals surface area contributed by atoms with Gasteiger partial charge in [0.15, 0.2) is 10.9 Å².